The number of allylic oxidation sites excluding steroid dienone is 2. The molecule has 3 aliphatic rings. The number of nitrogens with zero attached hydrogens (tertiary/aromatic N) is 1. The van der Waals surface area contributed by atoms with Crippen molar-refractivity contribution < 1.29 is 4.79 Å². The average Bonchev–Trinajstić information content (AvgIpc) is 2.17. The van der Waals surface area contributed by atoms with Crippen molar-refractivity contribution in [2.45, 2.75) is 50.8 Å². The maximum absolute atomic E-state index is 12.1. The van der Waals surface area contributed by atoms with Crippen molar-refractivity contribution in [3.63, 3.8) is 0 Å². The minimum Gasteiger partial charge on any atom is -0.299 e. The first-order valence-electron chi connectivity index (χ1n) is 6.11. The van der Waals surface area contributed by atoms with Crippen molar-refractivity contribution in [2.24, 2.45) is 10.8 Å². The van der Waals surface area contributed by atoms with Crippen molar-refractivity contribution in [1.29, 1.82) is 5.26 Å². The molecule has 3 aliphatic carbocycles. The van der Waals surface area contributed by atoms with Crippen LogP contribution in [0.25, 0.3) is 0 Å². The molecular weight excluding hydrogens is 234 g/mol. The molecule has 0 atom stereocenters. The Bertz CT molecular complexity index is 397. The zero-order valence-corrected chi connectivity index (χ0v) is 11.2. The quantitative estimate of drug-likeness (QED) is 0.553. The lowest BCUT2D eigenvalue weighted by atomic mass is 9.42. The summed E-state index contributed by atoms with van der Waals surface area (Å²) in [6, 6.07) is 1.99. The van der Waals surface area contributed by atoms with Gasteiger partial charge < -0.3 is 0 Å². The normalized spacial score (nSPS) is 34.9. The third-order valence-electron chi connectivity index (χ3n) is 4.16. The van der Waals surface area contributed by atoms with Crippen molar-refractivity contribution in [3.05, 3.63) is 12.2 Å². The van der Waals surface area contributed by atoms with Crippen LogP contribution in [-0.2, 0) is 4.79 Å². The van der Waals surface area contributed by atoms with Crippen molar-refractivity contribution in [2.75, 3.05) is 0 Å². The van der Waals surface area contributed by atoms with Crippen LogP contribution in [0.4, 0.5) is 0 Å². The molecule has 3 rings (SSSR count). The molecule has 0 heterocycles. The zero-order chi connectivity index (χ0) is 12.7. The van der Waals surface area contributed by atoms with Crippen molar-refractivity contribution >= 4 is 17.4 Å². The van der Waals surface area contributed by atoms with Crippen LogP contribution < -0.4 is 0 Å². The van der Waals surface area contributed by atoms with Gasteiger partial charge in [-0.15, -0.1) is 11.6 Å². The molecule has 3 heteroatoms. The standard InChI is InChI=1S/C14H18ClNO/c1-12(2,5-3-7-16)6-4-11(17)13-8-14(15,9-13)10-13/h3,5H,4,6,8-10H2,1-2H3/b5-3+. The predicted molar refractivity (Wildman–Crippen MR) is 67.6 cm³/mol. The van der Waals surface area contributed by atoms with E-state index < -0.39 is 0 Å². The van der Waals surface area contributed by atoms with Crippen LogP contribution in [0, 0.1) is 22.2 Å². The molecular formula is C14H18ClNO. The highest BCUT2D eigenvalue weighted by atomic mass is 35.5. The molecule has 0 spiro atoms. The smallest absolute Gasteiger partial charge is 0.139 e. The molecule has 3 fully saturated rings. The molecule has 2 bridgehead atoms. The van der Waals surface area contributed by atoms with Gasteiger partial charge in [0.2, 0.25) is 0 Å². The Labute approximate surface area is 108 Å². The van der Waals surface area contributed by atoms with Gasteiger partial charge in [0.15, 0.2) is 0 Å². The number of carbonyl (C=O) groups is 1. The second-order valence-corrected chi connectivity index (χ2v) is 7.14. The van der Waals surface area contributed by atoms with Gasteiger partial charge in [-0.25, -0.2) is 0 Å². The van der Waals surface area contributed by atoms with Gasteiger partial charge in [-0.3, -0.25) is 4.79 Å². The maximum Gasteiger partial charge on any atom is 0.139 e. The molecule has 3 saturated carbocycles. The third-order valence-corrected chi connectivity index (χ3v) is 4.56. The van der Waals surface area contributed by atoms with Crippen LogP contribution in [0.2, 0.25) is 0 Å². The van der Waals surface area contributed by atoms with Gasteiger partial charge in [0, 0.05) is 22.8 Å². The summed E-state index contributed by atoms with van der Waals surface area (Å²) in [5.74, 6) is 0.374. The molecule has 0 aromatic rings. The second-order valence-electron chi connectivity index (χ2n) is 6.34. The van der Waals surface area contributed by atoms with Gasteiger partial charge in [0.05, 0.1) is 6.07 Å². The lowest BCUT2D eigenvalue weighted by Gasteiger charge is -2.66. The molecule has 0 aliphatic heterocycles. The number of hydrogen-bond acceptors (Lipinski definition) is 2. The number of rotatable bonds is 5. The molecule has 2 nitrogen and oxygen atoms in total. The Balaban J connectivity index is 1.81. The molecule has 0 aromatic carbocycles. The predicted octanol–water partition coefficient (Wildman–Crippen LogP) is 3.60. The molecule has 0 amide bonds. The van der Waals surface area contributed by atoms with Gasteiger partial charge in [-0.2, -0.15) is 5.26 Å². The van der Waals surface area contributed by atoms with Crippen LogP contribution >= 0.6 is 11.6 Å². The Hall–Kier alpha value is -0.810. The molecule has 0 radical (unpaired) electrons. The highest BCUT2D eigenvalue weighted by Gasteiger charge is 2.70. The molecule has 0 saturated heterocycles. The van der Waals surface area contributed by atoms with E-state index in [9.17, 15) is 4.79 Å². The monoisotopic (exact) mass is 251 g/mol. The van der Waals surface area contributed by atoms with Crippen LogP contribution in [0.1, 0.15) is 46.0 Å². The fraction of sp³-hybridized carbons (Fsp3) is 0.714. The summed E-state index contributed by atoms with van der Waals surface area (Å²) < 4.78 is 0. The summed E-state index contributed by atoms with van der Waals surface area (Å²) in [5.41, 5.74) is -0.135. The third kappa shape index (κ3) is 2.26. The minimum atomic E-state index is -0.0758. The highest BCUT2D eigenvalue weighted by Crippen LogP contribution is 2.71. The number of carbonyl (C=O) groups excluding carboxylic acids is 1. The van der Waals surface area contributed by atoms with Gasteiger partial charge in [0.1, 0.15) is 5.78 Å². The number of hydrogen-bond donors (Lipinski definition) is 0. The number of nitriles is 1. The lowest BCUT2D eigenvalue weighted by molar-refractivity contribution is -0.156. The fourth-order valence-electron chi connectivity index (χ4n) is 3.01. The molecule has 17 heavy (non-hydrogen) atoms. The SMILES string of the molecule is CC(C)(/C=C/C#N)CCC(=O)C12CC(Cl)(C1)C2. The van der Waals surface area contributed by atoms with Crippen molar-refractivity contribution in [1.82, 2.24) is 0 Å². The number of halogens is 1. The number of Topliss-reactive ketones (excluding diaryl/α,β-unsaturated/α-hetero) is 1. The number of alkyl halides is 1. The minimum absolute atomic E-state index is 0.0219. The topological polar surface area (TPSA) is 40.9 Å². The van der Waals surface area contributed by atoms with Gasteiger partial charge in [-0.05, 0) is 31.1 Å². The largest absolute Gasteiger partial charge is 0.299 e. The molecule has 92 valence electrons. The first kappa shape index (κ1) is 12.6. The van der Waals surface area contributed by atoms with Gasteiger partial charge in [-0.1, -0.05) is 19.9 Å². The van der Waals surface area contributed by atoms with Crippen LogP contribution in [0.5, 0.6) is 0 Å². The van der Waals surface area contributed by atoms with E-state index >= 15 is 0 Å². The Morgan fingerprint density at radius 2 is 2.06 bits per heavy atom. The summed E-state index contributed by atoms with van der Waals surface area (Å²) in [4.78, 5) is 12.1. The summed E-state index contributed by atoms with van der Waals surface area (Å²) in [5, 5.41) is 8.50. The molecule has 0 N–H and O–H groups in total. The molecule has 0 unspecified atom stereocenters. The average molecular weight is 252 g/mol. The van der Waals surface area contributed by atoms with Crippen molar-refractivity contribution in [3.8, 4) is 6.07 Å². The highest BCUT2D eigenvalue weighted by molar-refractivity contribution is 6.27. The second kappa shape index (κ2) is 3.85. The van der Waals surface area contributed by atoms with Gasteiger partial charge in [0.25, 0.3) is 0 Å². The van der Waals surface area contributed by atoms with Crippen LogP contribution in [-0.4, -0.2) is 10.7 Å². The summed E-state index contributed by atoms with van der Waals surface area (Å²) in [6.45, 7) is 4.11. The van der Waals surface area contributed by atoms with E-state index in [1.165, 1.54) is 6.08 Å². The summed E-state index contributed by atoms with van der Waals surface area (Å²) in [6.07, 6.45) is 7.44. The Kier molecular flexibility index (Phi) is 2.86. The van der Waals surface area contributed by atoms with E-state index in [2.05, 4.69) is 13.8 Å². The molecule has 0 aromatic heterocycles. The van der Waals surface area contributed by atoms with E-state index in [-0.39, 0.29) is 15.7 Å². The zero-order valence-electron chi connectivity index (χ0n) is 10.4. The van der Waals surface area contributed by atoms with E-state index in [4.69, 9.17) is 16.9 Å². The first-order valence-corrected chi connectivity index (χ1v) is 6.48. The van der Waals surface area contributed by atoms with E-state index in [1.54, 1.807) is 0 Å². The Morgan fingerprint density at radius 3 is 2.53 bits per heavy atom. The fourth-order valence-corrected chi connectivity index (χ4v) is 3.77. The van der Waals surface area contributed by atoms with Crippen LogP contribution in [0.15, 0.2) is 12.2 Å². The van der Waals surface area contributed by atoms with Gasteiger partial charge >= 0.3 is 0 Å². The van der Waals surface area contributed by atoms with E-state index in [0.717, 1.165) is 25.7 Å². The van der Waals surface area contributed by atoms with E-state index in [1.807, 2.05) is 12.1 Å². The summed E-state index contributed by atoms with van der Waals surface area (Å²) in [7, 11) is 0. The lowest BCUT2D eigenvalue weighted by Crippen LogP contribution is -2.67. The van der Waals surface area contributed by atoms with E-state index in [0.29, 0.717) is 12.2 Å². The number of ketones is 1. The van der Waals surface area contributed by atoms with Crippen LogP contribution in [0.3, 0.4) is 0 Å². The maximum atomic E-state index is 12.1. The Morgan fingerprint density at radius 1 is 1.47 bits per heavy atom. The first-order chi connectivity index (χ1) is 7.81. The summed E-state index contributed by atoms with van der Waals surface area (Å²) >= 11 is 6.16.